The smallest absolute Gasteiger partial charge is 0.277 e. The van der Waals surface area contributed by atoms with Gasteiger partial charge in [-0.15, -0.1) is 21.5 Å². The second kappa shape index (κ2) is 9.43. The molecule has 2 heterocycles. The zero-order chi connectivity index (χ0) is 19.1. The molecule has 0 aliphatic carbocycles. The highest BCUT2D eigenvalue weighted by Gasteiger charge is 2.13. The topological polar surface area (TPSA) is 86.5 Å². The molecule has 1 amide bonds. The molecule has 0 aliphatic heterocycles. The van der Waals surface area contributed by atoms with Crippen LogP contribution in [0.3, 0.4) is 0 Å². The van der Waals surface area contributed by atoms with Crippen molar-refractivity contribution in [1.29, 1.82) is 0 Å². The van der Waals surface area contributed by atoms with E-state index in [4.69, 9.17) is 13.9 Å². The Hall–Kier alpha value is -2.52. The third-order valence-corrected chi connectivity index (χ3v) is 5.36. The molecule has 0 atom stereocenters. The molecule has 3 rings (SSSR count). The summed E-state index contributed by atoms with van der Waals surface area (Å²) in [6, 6.07) is 9.38. The van der Waals surface area contributed by atoms with Crippen molar-refractivity contribution in [2.24, 2.45) is 0 Å². The molecule has 0 unspecified atom stereocenters. The maximum Gasteiger partial charge on any atom is 0.277 e. The van der Waals surface area contributed by atoms with Gasteiger partial charge in [0.15, 0.2) is 0 Å². The molecule has 7 nitrogen and oxygen atoms in total. The van der Waals surface area contributed by atoms with Crippen LogP contribution in [0.5, 0.6) is 11.5 Å². The Kier molecular flexibility index (Phi) is 6.72. The molecule has 9 heteroatoms. The number of nitrogens with one attached hydrogen (secondary N) is 1. The van der Waals surface area contributed by atoms with Crippen molar-refractivity contribution >= 4 is 29.0 Å². The predicted molar refractivity (Wildman–Crippen MR) is 105 cm³/mol. The molecule has 142 valence electrons. The molecular formula is C18H19N3O4S2. The molecule has 0 bridgehead atoms. The quantitative estimate of drug-likeness (QED) is 0.547. The number of thioether (sulfide) groups is 1. The van der Waals surface area contributed by atoms with Crippen LogP contribution in [-0.4, -0.2) is 42.6 Å². The highest BCUT2D eigenvalue weighted by Crippen LogP contribution is 2.30. The monoisotopic (exact) mass is 405 g/mol. The highest BCUT2D eigenvalue weighted by molar-refractivity contribution is 7.99. The molecule has 1 aromatic carbocycles. The Labute approximate surface area is 165 Å². The first kappa shape index (κ1) is 19.2. The van der Waals surface area contributed by atoms with Gasteiger partial charge in [-0.25, -0.2) is 0 Å². The minimum atomic E-state index is -0.0700. The van der Waals surface area contributed by atoms with Crippen molar-refractivity contribution < 1.29 is 18.7 Å². The first-order valence-corrected chi connectivity index (χ1v) is 10.0. The van der Waals surface area contributed by atoms with Crippen LogP contribution in [-0.2, 0) is 11.2 Å². The molecule has 0 spiro atoms. The van der Waals surface area contributed by atoms with E-state index >= 15 is 0 Å². The number of benzene rings is 1. The highest BCUT2D eigenvalue weighted by atomic mass is 32.2. The fraction of sp³-hybridized carbons (Fsp3) is 0.278. The van der Waals surface area contributed by atoms with E-state index in [2.05, 4.69) is 21.6 Å². The lowest BCUT2D eigenvalue weighted by Crippen LogP contribution is -2.27. The van der Waals surface area contributed by atoms with Crippen LogP contribution in [0.4, 0.5) is 0 Å². The SMILES string of the molecule is COc1cc(OC)cc(-c2nnc(SCC(=O)NCCc3cccs3)o2)c1. The molecule has 0 saturated carbocycles. The Morgan fingerprint density at radius 1 is 1.22 bits per heavy atom. The molecule has 0 radical (unpaired) electrons. The second-order valence-corrected chi connectivity index (χ2v) is 7.40. The van der Waals surface area contributed by atoms with E-state index in [-0.39, 0.29) is 11.7 Å². The number of methoxy groups -OCH3 is 2. The van der Waals surface area contributed by atoms with E-state index < -0.39 is 0 Å². The van der Waals surface area contributed by atoms with Crippen molar-refractivity contribution in [2.45, 2.75) is 11.6 Å². The summed E-state index contributed by atoms with van der Waals surface area (Å²) in [7, 11) is 3.15. The summed E-state index contributed by atoms with van der Waals surface area (Å²) < 4.78 is 16.1. The number of aromatic nitrogens is 2. The summed E-state index contributed by atoms with van der Waals surface area (Å²) in [5.74, 6) is 1.74. The van der Waals surface area contributed by atoms with Crippen molar-refractivity contribution in [3.05, 3.63) is 40.6 Å². The van der Waals surface area contributed by atoms with E-state index in [0.717, 1.165) is 6.42 Å². The van der Waals surface area contributed by atoms with Gasteiger partial charge in [-0.05, 0) is 30.0 Å². The summed E-state index contributed by atoms with van der Waals surface area (Å²) >= 11 is 2.88. The van der Waals surface area contributed by atoms with Crippen molar-refractivity contribution in [3.8, 4) is 23.0 Å². The summed E-state index contributed by atoms with van der Waals surface area (Å²) in [4.78, 5) is 13.2. The Morgan fingerprint density at radius 2 is 2.00 bits per heavy atom. The summed E-state index contributed by atoms with van der Waals surface area (Å²) in [6.45, 7) is 0.610. The number of nitrogens with zero attached hydrogens (tertiary/aromatic N) is 2. The standard InChI is InChI=1S/C18H19N3O4S2/c1-23-13-8-12(9-14(10-13)24-2)17-20-21-18(25-17)27-11-16(22)19-6-5-15-4-3-7-26-15/h3-4,7-10H,5-6,11H2,1-2H3,(H,19,22). The average Bonchev–Trinajstić information content (AvgIpc) is 3.38. The van der Waals surface area contributed by atoms with Crippen molar-refractivity contribution in [1.82, 2.24) is 15.5 Å². The van der Waals surface area contributed by atoms with Gasteiger partial charge in [0.2, 0.25) is 11.8 Å². The minimum absolute atomic E-state index is 0.0700. The van der Waals surface area contributed by atoms with Crippen molar-refractivity contribution in [3.63, 3.8) is 0 Å². The number of carbonyl (C=O) groups excluding carboxylic acids is 1. The number of rotatable bonds is 9. The van der Waals surface area contributed by atoms with Gasteiger partial charge in [-0.1, -0.05) is 17.8 Å². The van der Waals surface area contributed by atoms with E-state index in [9.17, 15) is 4.79 Å². The zero-order valence-corrected chi connectivity index (χ0v) is 16.6. The third-order valence-electron chi connectivity index (χ3n) is 3.61. The average molecular weight is 406 g/mol. The van der Waals surface area contributed by atoms with Crippen LogP contribution in [0.25, 0.3) is 11.5 Å². The third kappa shape index (κ3) is 5.48. The normalized spacial score (nSPS) is 10.6. The molecular weight excluding hydrogens is 386 g/mol. The Morgan fingerprint density at radius 3 is 2.67 bits per heavy atom. The number of thiophene rings is 1. The molecule has 2 aromatic heterocycles. The van der Waals surface area contributed by atoms with E-state index in [0.29, 0.717) is 34.7 Å². The number of hydrogen-bond donors (Lipinski definition) is 1. The fourth-order valence-corrected chi connectivity index (χ4v) is 3.58. The van der Waals surface area contributed by atoms with Gasteiger partial charge < -0.3 is 19.2 Å². The second-order valence-electron chi connectivity index (χ2n) is 5.44. The largest absolute Gasteiger partial charge is 0.497 e. The van der Waals surface area contributed by atoms with Crippen molar-refractivity contribution in [2.75, 3.05) is 26.5 Å². The van der Waals surface area contributed by atoms with Gasteiger partial charge in [0.25, 0.3) is 5.22 Å². The fourth-order valence-electron chi connectivity index (χ4n) is 2.27. The van der Waals surface area contributed by atoms with E-state index in [1.54, 1.807) is 43.8 Å². The van der Waals surface area contributed by atoms with E-state index in [1.807, 2.05) is 11.4 Å². The molecule has 0 aliphatic rings. The van der Waals surface area contributed by atoms with Crippen LogP contribution in [0.1, 0.15) is 4.88 Å². The molecule has 1 N–H and O–H groups in total. The van der Waals surface area contributed by atoms with Gasteiger partial charge in [0.1, 0.15) is 11.5 Å². The van der Waals surface area contributed by atoms with Crippen LogP contribution in [0.2, 0.25) is 0 Å². The van der Waals surface area contributed by atoms with Gasteiger partial charge in [0.05, 0.1) is 20.0 Å². The first-order valence-electron chi connectivity index (χ1n) is 8.17. The van der Waals surface area contributed by atoms with Crippen LogP contribution in [0, 0.1) is 0 Å². The maximum atomic E-state index is 11.9. The van der Waals surface area contributed by atoms with Crippen LogP contribution in [0.15, 0.2) is 45.4 Å². The Bertz CT molecular complexity index is 858. The molecule has 0 saturated heterocycles. The summed E-state index contributed by atoms with van der Waals surface area (Å²) in [5, 5.41) is 13.3. The van der Waals surface area contributed by atoms with Gasteiger partial charge in [-0.2, -0.15) is 0 Å². The maximum absolute atomic E-state index is 11.9. The molecule has 27 heavy (non-hydrogen) atoms. The first-order chi connectivity index (χ1) is 13.2. The number of ether oxygens (including phenoxy) is 2. The molecule has 0 fully saturated rings. The number of amides is 1. The number of carbonyl (C=O) groups is 1. The zero-order valence-electron chi connectivity index (χ0n) is 14.9. The lowest BCUT2D eigenvalue weighted by Gasteiger charge is -2.05. The number of hydrogen-bond acceptors (Lipinski definition) is 8. The minimum Gasteiger partial charge on any atom is -0.497 e. The van der Waals surface area contributed by atoms with Gasteiger partial charge in [-0.3, -0.25) is 4.79 Å². The predicted octanol–water partition coefficient (Wildman–Crippen LogP) is 3.27. The van der Waals surface area contributed by atoms with Gasteiger partial charge >= 0.3 is 0 Å². The lowest BCUT2D eigenvalue weighted by atomic mass is 10.2. The summed E-state index contributed by atoms with van der Waals surface area (Å²) in [6.07, 6.45) is 0.830. The van der Waals surface area contributed by atoms with E-state index in [1.165, 1.54) is 16.6 Å². The molecule has 3 aromatic rings. The van der Waals surface area contributed by atoms with Crippen LogP contribution < -0.4 is 14.8 Å². The summed E-state index contributed by atoms with van der Waals surface area (Å²) in [5.41, 5.74) is 0.686. The van der Waals surface area contributed by atoms with Crippen LogP contribution >= 0.6 is 23.1 Å². The lowest BCUT2D eigenvalue weighted by molar-refractivity contribution is -0.118. The Balaban J connectivity index is 1.52. The van der Waals surface area contributed by atoms with Gasteiger partial charge in [0, 0.05) is 23.1 Å².